The van der Waals surface area contributed by atoms with Gasteiger partial charge < -0.3 is 25.4 Å². The number of ether oxygens (including phenoxy) is 1. The van der Waals surface area contributed by atoms with Crippen LogP contribution in [0.4, 0.5) is 18.4 Å². The molecule has 4 heterocycles. The number of fused-ring (bicyclic) bond motifs is 2. The number of amides is 3. The van der Waals surface area contributed by atoms with Crippen molar-refractivity contribution in [1.82, 2.24) is 39.6 Å². The molecule has 0 saturated carbocycles. The number of hydrogen-bond donors (Lipinski definition) is 3. The number of imidazole rings is 1. The van der Waals surface area contributed by atoms with Crippen molar-refractivity contribution in [2.24, 2.45) is 0 Å². The lowest BCUT2D eigenvalue weighted by Crippen LogP contribution is -2.46. The smallest absolute Gasteiger partial charge is 0.405 e. The van der Waals surface area contributed by atoms with E-state index in [0.717, 1.165) is 17.6 Å². The number of benzene rings is 1. The summed E-state index contributed by atoms with van der Waals surface area (Å²) in [7, 11) is -1.29. The minimum Gasteiger partial charge on any atom is -0.465 e. The Hall–Kier alpha value is -4.70. The standard InChI is InChI=1S/C34H42F2N8O5Si/c1-50(2,3)19-18-49-20-43-31-26(8-5-13-39-31)44(34(43)48)21-11-16-42(17-12-21)32(45)40-25-10-9-23(22-6-4-7-24(35)27(22)36)28(41-33(46)47)30-29(25)37-14-15-38-30/h4-8,13-15,21,23,25,28,41H,9-12,16-20H2,1-3H3,(H,40,45)(H,46,47)/t23-,25+,28-/m0/s1. The summed E-state index contributed by atoms with van der Waals surface area (Å²) >= 11 is 0. The highest BCUT2D eigenvalue weighted by molar-refractivity contribution is 6.76. The maximum absolute atomic E-state index is 15.0. The van der Waals surface area contributed by atoms with Crippen LogP contribution in [-0.2, 0) is 11.5 Å². The maximum atomic E-state index is 15.0. The molecule has 1 aliphatic heterocycles. The fourth-order valence-corrected chi connectivity index (χ4v) is 7.73. The molecule has 3 aromatic heterocycles. The van der Waals surface area contributed by atoms with Crippen LogP contribution in [0.3, 0.4) is 0 Å². The molecular weight excluding hydrogens is 667 g/mol. The molecule has 16 heteroatoms. The Kier molecular flexibility index (Phi) is 10.3. The fraction of sp³-hybridized carbons (Fsp3) is 0.471. The Bertz CT molecular complexity index is 1920. The molecule has 0 unspecified atom stereocenters. The van der Waals surface area contributed by atoms with E-state index in [9.17, 15) is 23.9 Å². The summed E-state index contributed by atoms with van der Waals surface area (Å²) in [6.45, 7) is 8.26. The van der Waals surface area contributed by atoms with Crippen LogP contribution in [0.1, 0.15) is 66.7 Å². The number of nitrogens with one attached hydrogen (secondary N) is 2. The molecule has 0 bridgehead atoms. The summed E-state index contributed by atoms with van der Waals surface area (Å²) in [4.78, 5) is 54.3. The van der Waals surface area contributed by atoms with Gasteiger partial charge in [-0.25, -0.2) is 28.1 Å². The van der Waals surface area contributed by atoms with E-state index in [4.69, 9.17) is 4.74 Å². The molecule has 0 radical (unpaired) electrons. The average Bonchev–Trinajstić information content (AvgIpc) is 3.28. The van der Waals surface area contributed by atoms with Crippen molar-refractivity contribution in [3.63, 3.8) is 0 Å². The quantitative estimate of drug-likeness (QED) is 0.116. The number of hydrogen-bond acceptors (Lipinski definition) is 7. The van der Waals surface area contributed by atoms with E-state index in [1.165, 1.54) is 24.5 Å². The van der Waals surface area contributed by atoms with Crippen molar-refractivity contribution in [3.8, 4) is 0 Å². The van der Waals surface area contributed by atoms with Gasteiger partial charge in [-0.05, 0) is 55.5 Å². The molecule has 3 amide bonds. The second kappa shape index (κ2) is 14.6. The van der Waals surface area contributed by atoms with Gasteiger partial charge in [-0.3, -0.25) is 19.1 Å². The van der Waals surface area contributed by atoms with Crippen LogP contribution in [0.2, 0.25) is 25.7 Å². The molecular formula is C34H42F2N8O5Si. The van der Waals surface area contributed by atoms with Crippen molar-refractivity contribution in [2.45, 2.75) is 82.1 Å². The molecule has 4 aromatic rings. The lowest BCUT2D eigenvalue weighted by Gasteiger charge is -2.33. The zero-order chi connectivity index (χ0) is 35.6. The molecule has 1 fully saturated rings. The molecule has 266 valence electrons. The molecule has 6 rings (SSSR count). The number of carboxylic acid groups (broad SMARTS) is 1. The van der Waals surface area contributed by atoms with Crippen LogP contribution in [0.5, 0.6) is 0 Å². The van der Waals surface area contributed by atoms with Crippen molar-refractivity contribution in [1.29, 1.82) is 0 Å². The highest BCUT2D eigenvalue weighted by Gasteiger charge is 2.38. The third-order valence-electron chi connectivity index (χ3n) is 9.56. The summed E-state index contributed by atoms with van der Waals surface area (Å²) in [5.74, 6) is -2.91. The van der Waals surface area contributed by atoms with Gasteiger partial charge in [0.25, 0.3) is 0 Å². The first-order valence-electron chi connectivity index (χ1n) is 16.9. The van der Waals surface area contributed by atoms with E-state index < -0.39 is 43.8 Å². The molecule has 3 N–H and O–H groups in total. The van der Waals surface area contributed by atoms with Crippen LogP contribution in [0, 0.1) is 11.6 Å². The lowest BCUT2D eigenvalue weighted by atomic mass is 9.86. The zero-order valence-electron chi connectivity index (χ0n) is 28.3. The summed E-state index contributed by atoms with van der Waals surface area (Å²) in [6, 6.07) is 6.26. The van der Waals surface area contributed by atoms with Crippen LogP contribution in [0.25, 0.3) is 11.2 Å². The predicted octanol–water partition coefficient (Wildman–Crippen LogP) is 5.55. The van der Waals surface area contributed by atoms with Gasteiger partial charge in [0.15, 0.2) is 17.3 Å². The maximum Gasteiger partial charge on any atom is 0.405 e. The number of aromatic nitrogens is 5. The molecule has 13 nitrogen and oxygen atoms in total. The van der Waals surface area contributed by atoms with Crippen LogP contribution >= 0.6 is 0 Å². The van der Waals surface area contributed by atoms with Gasteiger partial charge in [-0.2, -0.15) is 0 Å². The van der Waals surface area contributed by atoms with E-state index in [0.29, 0.717) is 43.9 Å². The molecule has 1 aromatic carbocycles. The molecule has 50 heavy (non-hydrogen) atoms. The number of carbonyl (C=O) groups excluding carboxylic acids is 1. The van der Waals surface area contributed by atoms with Gasteiger partial charge in [0.2, 0.25) is 0 Å². The van der Waals surface area contributed by atoms with Gasteiger partial charge >= 0.3 is 17.8 Å². The second-order valence-corrected chi connectivity index (χ2v) is 19.7. The normalized spacial score (nSPS) is 19.9. The SMILES string of the molecule is C[Si](C)(C)CCOCn1c(=O)n(C2CCN(C(=O)N[C@@H]3CC[C@@H](c4cccc(F)c4F)[C@H](NC(=O)O)c4nccnc43)CC2)c2cccnc21. The third kappa shape index (κ3) is 7.40. The number of likely N-dealkylation sites (tertiary alicyclic amines) is 1. The zero-order valence-corrected chi connectivity index (χ0v) is 29.3. The molecule has 2 aliphatic rings. The number of piperidine rings is 1. The van der Waals surface area contributed by atoms with Crippen LogP contribution < -0.4 is 16.3 Å². The Morgan fingerprint density at radius 2 is 1.70 bits per heavy atom. The minimum absolute atomic E-state index is 0.0133. The van der Waals surface area contributed by atoms with E-state index >= 15 is 4.39 Å². The molecule has 0 spiro atoms. The van der Waals surface area contributed by atoms with E-state index in [2.05, 4.69) is 45.2 Å². The monoisotopic (exact) mass is 708 g/mol. The van der Waals surface area contributed by atoms with E-state index in [1.807, 2.05) is 6.07 Å². The first-order chi connectivity index (χ1) is 23.9. The largest absolute Gasteiger partial charge is 0.465 e. The van der Waals surface area contributed by atoms with Crippen molar-refractivity contribution in [3.05, 3.63) is 88.0 Å². The number of carbonyl (C=O) groups is 2. The number of urea groups is 1. The summed E-state index contributed by atoms with van der Waals surface area (Å²) < 4.78 is 38.6. The van der Waals surface area contributed by atoms with Gasteiger partial charge in [-0.15, -0.1) is 0 Å². The predicted molar refractivity (Wildman–Crippen MR) is 183 cm³/mol. The summed E-state index contributed by atoms with van der Waals surface area (Å²) in [6.07, 6.45) is 4.70. The highest BCUT2D eigenvalue weighted by Crippen LogP contribution is 2.42. The van der Waals surface area contributed by atoms with E-state index in [1.54, 1.807) is 26.3 Å². The average molecular weight is 709 g/mol. The first-order valence-corrected chi connectivity index (χ1v) is 20.6. The van der Waals surface area contributed by atoms with Gasteiger partial charge in [-0.1, -0.05) is 31.8 Å². The van der Waals surface area contributed by atoms with Crippen LogP contribution in [0.15, 0.2) is 53.7 Å². The van der Waals surface area contributed by atoms with Gasteiger partial charge in [0.1, 0.15) is 6.73 Å². The number of halogens is 2. The summed E-state index contributed by atoms with van der Waals surface area (Å²) in [5, 5.41) is 15.1. The lowest BCUT2D eigenvalue weighted by molar-refractivity contribution is 0.0861. The Labute approximate surface area is 288 Å². The Balaban J connectivity index is 1.17. The number of nitrogens with zero attached hydrogens (tertiary/aromatic N) is 6. The van der Waals surface area contributed by atoms with Crippen LogP contribution in [-0.4, -0.2) is 74.0 Å². The summed E-state index contributed by atoms with van der Waals surface area (Å²) in [5.41, 5.74) is 1.69. The Morgan fingerprint density at radius 1 is 0.960 bits per heavy atom. The second-order valence-electron chi connectivity index (χ2n) is 14.1. The minimum atomic E-state index is -1.36. The Morgan fingerprint density at radius 3 is 2.42 bits per heavy atom. The van der Waals surface area contributed by atoms with Crippen molar-refractivity contribution < 1.29 is 28.2 Å². The molecule has 1 aliphatic carbocycles. The molecule has 3 atom stereocenters. The molecule has 1 saturated heterocycles. The van der Waals surface area contributed by atoms with E-state index in [-0.39, 0.29) is 48.6 Å². The topological polar surface area (TPSA) is 156 Å². The van der Waals surface area contributed by atoms with Crippen molar-refractivity contribution in [2.75, 3.05) is 19.7 Å². The third-order valence-corrected chi connectivity index (χ3v) is 11.3. The fourth-order valence-electron chi connectivity index (χ4n) is 6.97. The van der Waals surface area contributed by atoms with Gasteiger partial charge in [0.05, 0.1) is 29.0 Å². The first kappa shape index (κ1) is 35.1. The van der Waals surface area contributed by atoms with Crippen molar-refractivity contribution >= 4 is 31.4 Å². The van der Waals surface area contributed by atoms with Gasteiger partial charge in [0, 0.05) is 58.3 Å². The number of rotatable bonds is 9. The highest BCUT2D eigenvalue weighted by atomic mass is 28.3. The number of pyridine rings is 1.